The number of carboxylic acid groups (broad SMARTS) is 1. The molecule has 0 bridgehead atoms. The van der Waals surface area contributed by atoms with Gasteiger partial charge in [0.05, 0.1) is 11.8 Å². The highest BCUT2D eigenvalue weighted by Crippen LogP contribution is 2.15. The highest BCUT2D eigenvalue weighted by Gasteiger charge is 2.22. The maximum Gasteiger partial charge on any atom is 0.330 e. The summed E-state index contributed by atoms with van der Waals surface area (Å²) < 4.78 is 0. The van der Waals surface area contributed by atoms with Gasteiger partial charge in [-0.05, 0) is 11.6 Å². The van der Waals surface area contributed by atoms with E-state index in [-0.39, 0.29) is 11.3 Å². The van der Waals surface area contributed by atoms with Crippen LogP contribution in [-0.2, 0) is 4.79 Å². The topological polar surface area (TPSA) is 99.5 Å². The maximum atomic E-state index is 12.0. The molecule has 0 fully saturated rings. The summed E-state index contributed by atoms with van der Waals surface area (Å²) in [6, 6.07) is 8.40. The number of aromatic nitrogens is 1. The van der Waals surface area contributed by atoms with E-state index in [1.807, 2.05) is 0 Å². The van der Waals surface area contributed by atoms with Gasteiger partial charge in [-0.25, -0.2) is 4.79 Å². The minimum atomic E-state index is -1.17. The molecule has 1 aromatic carbocycles. The zero-order chi connectivity index (χ0) is 14.5. The molecule has 1 heterocycles. The largest absolute Gasteiger partial charge is 0.506 e. The van der Waals surface area contributed by atoms with Crippen LogP contribution in [-0.4, -0.2) is 27.1 Å². The summed E-state index contributed by atoms with van der Waals surface area (Å²) in [5.74, 6) is -1.95. The van der Waals surface area contributed by atoms with Crippen LogP contribution in [0.3, 0.4) is 0 Å². The van der Waals surface area contributed by atoms with Crippen molar-refractivity contribution in [3.8, 4) is 5.75 Å². The summed E-state index contributed by atoms with van der Waals surface area (Å²) in [5, 5.41) is 20.8. The number of rotatable bonds is 4. The summed E-state index contributed by atoms with van der Waals surface area (Å²) >= 11 is 0. The molecule has 102 valence electrons. The Balaban J connectivity index is 2.21. The lowest BCUT2D eigenvalue weighted by molar-refractivity contribution is -0.139. The van der Waals surface area contributed by atoms with Gasteiger partial charge >= 0.3 is 5.97 Å². The van der Waals surface area contributed by atoms with Crippen molar-refractivity contribution in [2.24, 2.45) is 0 Å². The molecule has 0 saturated heterocycles. The van der Waals surface area contributed by atoms with Crippen molar-refractivity contribution in [3.63, 3.8) is 0 Å². The highest BCUT2D eigenvalue weighted by molar-refractivity contribution is 5.96. The third kappa shape index (κ3) is 3.11. The summed E-state index contributed by atoms with van der Waals surface area (Å²) in [6.07, 6.45) is 2.43. The highest BCUT2D eigenvalue weighted by atomic mass is 16.4. The normalized spacial score (nSPS) is 11.6. The van der Waals surface area contributed by atoms with Gasteiger partial charge in [0.2, 0.25) is 0 Å². The van der Waals surface area contributed by atoms with Gasteiger partial charge in [-0.15, -0.1) is 0 Å². The Hall–Kier alpha value is -2.89. The fourth-order valence-electron chi connectivity index (χ4n) is 1.70. The van der Waals surface area contributed by atoms with Gasteiger partial charge in [-0.1, -0.05) is 30.3 Å². The van der Waals surface area contributed by atoms with Crippen LogP contribution in [0.5, 0.6) is 5.75 Å². The van der Waals surface area contributed by atoms with Crippen LogP contribution in [0, 0.1) is 0 Å². The number of carbonyl (C=O) groups excluding carboxylic acids is 1. The number of nitrogens with zero attached hydrogens (tertiary/aromatic N) is 1. The molecule has 6 nitrogen and oxygen atoms in total. The molecule has 0 radical (unpaired) electrons. The summed E-state index contributed by atoms with van der Waals surface area (Å²) in [6.45, 7) is 0. The molecule has 2 rings (SSSR count). The van der Waals surface area contributed by atoms with Crippen LogP contribution in [0.1, 0.15) is 22.0 Å². The van der Waals surface area contributed by atoms with Crippen molar-refractivity contribution in [2.75, 3.05) is 0 Å². The minimum Gasteiger partial charge on any atom is -0.506 e. The van der Waals surface area contributed by atoms with Crippen LogP contribution in [0.15, 0.2) is 48.8 Å². The van der Waals surface area contributed by atoms with E-state index in [1.165, 1.54) is 18.5 Å². The number of carbonyl (C=O) groups is 2. The lowest BCUT2D eigenvalue weighted by atomic mass is 10.1. The third-order valence-corrected chi connectivity index (χ3v) is 2.64. The smallest absolute Gasteiger partial charge is 0.330 e. The number of aliphatic carboxylic acids is 1. The SMILES string of the molecule is O=C(NC(C(=O)O)c1ccccc1)c1cncc(O)c1. The van der Waals surface area contributed by atoms with Crippen molar-refractivity contribution in [1.29, 1.82) is 0 Å². The van der Waals surface area contributed by atoms with Crippen molar-refractivity contribution >= 4 is 11.9 Å². The lowest BCUT2D eigenvalue weighted by Crippen LogP contribution is -2.33. The van der Waals surface area contributed by atoms with Crippen LogP contribution in [0.2, 0.25) is 0 Å². The standard InChI is InChI=1S/C14H12N2O4/c17-11-6-10(7-15-8-11)13(18)16-12(14(19)20)9-4-2-1-3-5-9/h1-8,12,17H,(H,16,18)(H,19,20). The Morgan fingerprint density at radius 2 is 1.85 bits per heavy atom. The molecule has 0 spiro atoms. The van der Waals surface area contributed by atoms with E-state index < -0.39 is 17.9 Å². The first-order valence-corrected chi connectivity index (χ1v) is 5.80. The molecule has 0 aliphatic heterocycles. The number of hydrogen-bond donors (Lipinski definition) is 3. The Bertz CT molecular complexity index is 628. The fourth-order valence-corrected chi connectivity index (χ4v) is 1.70. The van der Waals surface area contributed by atoms with Crippen LogP contribution in [0.4, 0.5) is 0 Å². The number of nitrogens with one attached hydrogen (secondary N) is 1. The second-order valence-electron chi connectivity index (χ2n) is 4.09. The van der Waals surface area contributed by atoms with Crippen molar-refractivity contribution in [2.45, 2.75) is 6.04 Å². The average Bonchev–Trinajstić information content (AvgIpc) is 2.45. The van der Waals surface area contributed by atoms with Crippen molar-refractivity contribution in [3.05, 3.63) is 59.9 Å². The van der Waals surface area contributed by atoms with E-state index in [9.17, 15) is 19.8 Å². The van der Waals surface area contributed by atoms with Crippen LogP contribution in [0.25, 0.3) is 0 Å². The Morgan fingerprint density at radius 3 is 2.45 bits per heavy atom. The number of pyridine rings is 1. The van der Waals surface area contributed by atoms with Gasteiger partial charge in [0.1, 0.15) is 5.75 Å². The summed E-state index contributed by atoms with van der Waals surface area (Å²) in [4.78, 5) is 26.9. The van der Waals surface area contributed by atoms with Gasteiger partial charge in [0.15, 0.2) is 6.04 Å². The van der Waals surface area contributed by atoms with Crippen LogP contribution >= 0.6 is 0 Å². The summed E-state index contributed by atoms with van der Waals surface area (Å²) in [5.41, 5.74) is 0.550. The van der Waals surface area contributed by atoms with Gasteiger partial charge < -0.3 is 15.5 Å². The lowest BCUT2D eigenvalue weighted by Gasteiger charge is -2.14. The molecule has 3 N–H and O–H groups in total. The van der Waals surface area contributed by atoms with E-state index in [2.05, 4.69) is 10.3 Å². The molecule has 1 amide bonds. The van der Waals surface area contributed by atoms with Gasteiger partial charge in [-0.3, -0.25) is 9.78 Å². The first-order chi connectivity index (χ1) is 9.58. The monoisotopic (exact) mass is 272 g/mol. The molecule has 0 saturated carbocycles. The van der Waals surface area contributed by atoms with Crippen molar-refractivity contribution < 1.29 is 19.8 Å². The number of carboxylic acids is 1. The Morgan fingerprint density at radius 1 is 1.15 bits per heavy atom. The van der Waals surface area contributed by atoms with E-state index in [0.717, 1.165) is 0 Å². The molecule has 6 heteroatoms. The molecule has 0 aliphatic rings. The van der Waals surface area contributed by atoms with Crippen molar-refractivity contribution in [1.82, 2.24) is 10.3 Å². The Kier molecular flexibility index (Phi) is 3.95. The number of hydrogen-bond acceptors (Lipinski definition) is 4. The zero-order valence-corrected chi connectivity index (χ0v) is 10.4. The molecule has 1 aromatic heterocycles. The van der Waals surface area contributed by atoms with E-state index in [0.29, 0.717) is 5.56 Å². The van der Waals surface area contributed by atoms with E-state index in [4.69, 9.17) is 0 Å². The first kappa shape index (κ1) is 13.5. The number of benzene rings is 1. The molecule has 1 atom stereocenters. The molecule has 20 heavy (non-hydrogen) atoms. The zero-order valence-electron chi connectivity index (χ0n) is 10.4. The molecule has 1 unspecified atom stereocenters. The van der Waals surface area contributed by atoms with Crippen LogP contribution < -0.4 is 5.32 Å². The summed E-state index contributed by atoms with van der Waals surface area (Å²) in [7, 11) is 0. The molecule has 2 aromatic rings. The van der Waals surface area contributed by atoms with Gasteiger partial charge in [0.25, 0.3) is 5.91 Å². The van der Waals surface area contributed by atoms with Gasteiger partial charge in [-0.2, -0.15) is 0 Å². The second kappa shape index (κ2) is 5.83. The molecule has 0 aliphatic carbocycles. The van der Waals surface area contributed by atoms with Gasteiger partial charge in [0, 0.05) is 6.20 Å². The third-order valence-electron chi connectivity index (χ3n) is 2.64. The quantitative estimate of drug-likeness (QED) is 0.780. The first-order valence-electron chi connectivity index (χ1n) is 5.80. The predicted molar refractivity (Wildman–Crippen MR) is 70.2 cm³/mol. The maximum absolute atomic E-state index is 12.0. The number of amides is 1. The fraction of sp³-hybridized carbons (Fsp3) is 0.0714. The van der Waals surface area contributed by atoms with E-state index in [1.54, 1.807) is 30.3 Å². The predicted octanol–water partition coefficient (Wildman–Crippen LogP) is 1.34. The molecular weight excluding hydrogens is 260 g/mol. The average molecular weight is 272 g/mol. The Labute approximate surface area is 114 Å². The minimum absolute atomic E-state index is 0.0900. The van der Waals surface area contributed by atoms with E-state index >= 15 is 0 Å². The number of aromatic hydroxyl groups is 1. The second-order valence-corrected chi connectivity index (χ2v) is 4.09. The molecular formula is C14H12N2O4.